The molecule has 5 heteroatoms. The minimum absolute atomic E-state index is 0.358. The second-order valence-corrected chi connectivity index (χ2v) is 8.06. The van der Waals surface area contributed by atoms with Gasteiger partial charge < -0.3 is 15.1 Å². The zero-order chi connectivity index (χ0) is 15.5. The molecule has 0 unspecified atom stereocenters. The third kappa shape index (κ3) is 4.18. The van der Waals surface area contributed by atoms with E-state index in [0.29, 0.717) is 11.5 Å². The molecule has 0 atom stereocenters. The molecule has 0 saturated heterocycles. The minimum atomic E-state index is 0.358. The normalized spacial score (nSPS) is 17.3. The molecule has 1 saturated carbocycles. The first-order valence-electron chi connectivity index (χ1n) is 7.97. The van der Waals surface area contributed by atoms with Gasteiger partial charge in [-0.2, -0.15) is 0 Å². The van der Waals surface area contributed by atoms with Crippen molar-refractivity contribution in [1.29, 1.82) is 0 Å². The van der Waals surface area contributed by atoms with E-state index in [1.807, 2.05) is 17.5 Å². The topological polar surface area (TPSA) is 31.4 Å². The van der Waals surface area contributed by atoms with Gasteiger partial charge in [-0.1, -0.05) is 13.8 Å². The third-order valence-corrected chi connectivity index (χ3v) is 5.60. The van der Waals surface area contributed by atoms with Crippen molar-refractivity contribution in [3.63, 3.8) is 0 Å². The monoisotopic (exact) mass is 310 g/mol. The van der Waals surface area contributed by atoms with Gasteiger partial charge in [0.15, 0.2) is 5.13 Å². The predicted molar refractivity (Wildman–Crippen MR) is 92.2 cm³/mol. The number of rotatable bonds is 8. The van der Waals surface area contributed by atoms with Crippen LogP contribution >= 0.6 is 11.3 Å². The second kappa shape index (κ2) is 7.07. The van der Waals surface area contributed by atoms with Crippen LogP contribution in [0.5, 0.6) is 0 Å². The maximum Gasteiger partial charge on any atom is 0.185 e. The zero-order valence-electron chi connectivity index (χ0n) is 14.1. The molecule has 0 spiro atoms. The molecule has 4 nitrogen and oxygen atoms in total. The third-order valence-electron chi connectivity index (χ3n) is 4.48. The molecule has 1 aromatic rings. The molecule has 1 aliphatic rings. The van der Waals surface area contributed by atoms with Gasteiger partial charge in [0.1, 0.15) is 0 Å². The van der Waals surface area contributed by atoms with E-state index in [1.165, 1.54) is 24.1 Å². The van der Waals surface area contributed by atoms with Crippen molar-refractivity contribution in [3.05, 3.63) is 11.1 Å². The Labute approximate surface area is 133 Å². The molecule has 0 aromatic carbocycles. The fourth-order valence-corrected chi connectivity index (χ4v) is 3.72. The lowest BCUT2D eigenvalue weighted by Crippen LogP contribution is -2.56. The number of hydrogen-bond acceptors (Lipinski definition) is 5. The summed E-state index contributed by atoms with van der Waals surface area (Å²) < 4.78 is 0. The Kier molecular flexibility index (Phi) is 5.63. The first kappa shape index (κ1) is 16.7. The van der Waals surface area contributed by atoms with Crippen LogP contribution in [0.4, 0.5) is 5.13 Å². The van der Waals surface area contributed by atoms with Gasteiger partial charge in [-0.15, -0.1) is 11.3 Å². The average molecular weight is 311 g/mol. The Balaban J connectivity index is 1.88. The molecular formula is C16H30N4S. The Morgan fingerprint density at radius 3 is 2.57 bits per heavy atom. The molecule has 0 radical (unpaired) electrons. The van der Waals surface area contributed by atoms with Crippen LogP contribution in [0.3, 0.4) is 0 Å². The predicted octanol–water partition coefficient (Wildman–Crippen LogP) is 2.81. The lowest BCUT2D eigenvalue weighted by Gasteiger charge is -2.49. The van der Waals surface area contributed by atoms with Crippen LogP contribution in [0.2, 0.25) is 0 Å². The highest BCUT2D eigenvalue weighted by Gasteiger charge is 2.40. The van der Waals surface area contributed by atoms with Gasteiger partial charge in [-0.3, -0.25) is 0 Å². The molecular weight excluding hydrogens is 280 g/mol. The van der Waals surface area contributed by atoms with E-state index < -0.39 is 0 Å². The highest BCUT2D eigenvalue weighted by Crippen LogP contribution is 2.37. The smallest absolute Gasteiger partial charge is 0.185 e. The second-order valence-electron chi connectivity index (χ2n) is 6.96. The van der Waals surface area contributed by atoms with Gasteiger partial charge in [-0.25, -0.2) is 4.98 Å². The van der Waals surface area contributed by atoms with Crippen molar-refractivity contribution < 1.29 is 0 Å². The molecule has 1 aromatic heterocycles. The summed E-state index contributed by atoms with van der Waals surface area (Å²) in [6.07, 6.45) is 5.98. The number of nitrogens with zero attached hydrogens (tertiary/aromatic N) is 3. The fourth-order valence-electron chi connectivity index (χ4n) is 2.88. The number of thiazole rings is 1. The van der Waals surface area contributed by atoms with E-state index in [4.69, 9.17) is 0 Å². The molecule has 0 aliphatic heterocycles. The Bertz CT molecular complexity index is 437. The van der Waals surface area contributed by atoms with Crippen LogP contribution < -0.4 is 10.2 Å². The summed E-state index contributed by atoms with van der Waals surface area (Å²) in [4.78, 5) is 10.6. The minimum Gasteiger partial charge on any atom is -0.349 e. The SMILES string of the molecule is CC(C)CNCc1cnc(N(C)CC2(N(C)C)CCC2)s1. The van der Waals surface area contributed by atoms with Crippen molar-refractivity contribution in [2.24, 2.45) is 5.92 Å². The molecule has 120 valence electrons. The van der Waals surface area contributed by atoms with Crippen molar-refractivity contribution in [1.82, 2.24) is 15.2 Å². The van der Waals surface area contributed by atoms with Crippen molar-refractivity contribution in [2.45, 2.75) is 45.2 Å². The van der Waals surface area contributed by atoms with E-state index >= 15 is 0 Å². The number of anilines is 1. The molecule has 0 amide bonds. The summed E-state index contributed by atoms with van der Waals surface area (Å²) in [5.41, 5.74) is 0.358. The highest BCUT2D eigenvalue weighted by atomic mass is 32.1. The van der Waals surface area contributed by atoms with Crippen LogP contribution in [0.1, 0.15) is 38.0 Å². The number of aromatic nitrogens is 1. The summed E-state index contributed by atoms with van der Waals surface area (Å²) >= 11 is 1.81. The van der Waals surface area contributed by atoms with Crippen LogP contribution in [-0.4, -0.2) is 49.7 Å². The fraction of sp³-hybridized carbons (Fsp3) is 0.812. The maximum atomic E-state index is 4.60. The Morgan fingerprint density at radius 1 is 1.33 bits per heavy atom. The summed E-state index contributed by atoms with van der Waals surface area (Å²) in [5.74, 6) is 0.693. The van der Waals surface area contributed by atoms with Gasteiger partial charge in [-0.05, 0) is 45.8 Å². The van der Waals surface area contributed by atoms with Gasteiger partial charge in [0, 0.05) is 36.8 Å². The quantitative estimate of drug-likeness (QED) is 0.800. The summed E-state index contributed by atoms with van der Waals surface area (Å²) in [6.45, 7) is 7.54. The van der Waals surface area contributed by atoms with E-state index in [0.717, 1.165) is 24.8 Å². The molecule has 1 heterocycles. The largest absolute Gasteiger partial charge is 0.349 e. The van der Waals surface area contributed by atoms with Gasteiger partial charge >= 0.3 is 0 Å². The molecule has 1 N–H and O–H groups in total. The van der Waals surface area contributed by atoms with Crippen molar-refractivity contribution in [3.8, 4) is 0 Å². The maximum absolute atomic E-state index is 4.60. The van der Waals surface area contributed by atoms with Crippen LogP contribution in [-0.2, 0) is 6.54 Å². The Morgan fingerprint density at radius 2 is 2.05 bits per heavy atom. The number of likely N-dealkylation sites (N-methyl/N-ethyl adjacent to an activating group) is 2. The van der Waals surface area contributed by atoms with E-state index in [2.05, 4.69) is 55.1 Å². The summed E-state index contributed by atoms with van der Waals surface area (Å²) in [5, 5.41) is 4.63. The van der Waals surface area contributed by atoms with Gasteiger partial charge in [0.25, 0.3) is 0 Å². The zero-order valence-corrected chi connectivity index (χ0v) is 15.0. The Hall–Kier alpha value is -0.650. The van der Waals surface area contributed by atoms with Crippen molar-refractivity contribution >= 4 is 16.5 Å². The molecule has 1 aliphatic carbocycles. The molecule has 21 heavy (non-hydrogen) atoms. The number of nitrogens with one attached hydrogen (secondary N) is 1. The van der Waals surface area contributed by atoms with E-state index in [9.17, 15) is 0 Å². The van der Waals surface area contributed by atoms with Crippen LogP contribution in [0.15, 0.2) is 6.20 Å². The first-order valence-corrected chi connectivity index (χ1v) is 8.78. The van der Waals surface area contributed by atoms with Crippen LogP contribution in [0, 0.1) is 5.92 Å². The molecule has 2 rings (SSSR count). The number of hydrogen-bond donors (Lipinski definition) is 1. The molecule has 1 fully saturated rings. The first-order chi connectivity index (χ1) is 9.93. The average Bonchev–Trinajstić information content (AvgIpc) is 2.81. The van der Waals surface area contributed by atoms with Gasteiger partial charge in [0.05, 0.1) is 0 Å². The van der Waals surface area contributed by atoms with Gasteiger partial charge in [0.2, 0.25) is 0 Å². The summed E-state index contributed by atoms with van der Waals surface area (Å²) in [7, 11) is 6.58. The van der Waals surface area contributed by atoms with E-state index in [-0.39, 0.29) is 0 Å². The standard InChI is InChI=1S/C16H30N4S/c1-13(2)9-17-10-14-11-18-15(21-14)20(5)12-16(19(3)4)7-6-8-16/h11,13,17H,6-10,12H2,1-5H3. The lowest BCUT2D eigenvalue weighted by molar-refractivity contribution is 0.0683. The lowest BCUT2D eigenvalue weighted by atomic mass is 9.75. The van der Waals surface area contributed by atoms with E-state index in [1.54, 1.807) is 0 Å². The highest BCUT2D eigenvalue weighted by molar-refractivity contribution is 7.15. The van der Waals surface area contributed by atoms with Crippen molar-refractivity contribution in [2.75, 3.05) is 39.1 Å². The van der Waals surface area contributed by atoms with Crippen LogP contribution in [0.25, 0.3) is 0 Å². The summed E-state index contributed by atoms with van der Waals surface area (Å²) in [6, 6.07) is 0. The molecule has 0 bridgehead atoms.